The molecule has 0 atom stereocenters. The van der Waals surface area contributed by atoms with Gasteiger partial charge in [0.25, 0.3) is 5.91 Å². The smallest absolute Gasteiger partial charge is 0.251 e. The van der Waals surface area contributed by atoms with Crippen LogP contribution in [0.5, 0.6) is 11.5 Å². The molecule has 2 aromatic carbocycles. The molecule has 0 unspecified atom stereocenters. The molecular weight excluding hydrogens is 558 g/mol. The average molecular weight is 581 g/mol. The Morgan fingerprint density at radius 1 is 1.17 bits per heavy atom. The van der Waals surface area contributed by atoms with E-state index < -0.39 is 0 Å². The number of hydrogen-bond acceptors (Lipinski definition) is 7. The van der Waals surface area contributed by atoms with E-state index in [1.54, 1.807) is 47.0 Å². The van der Waals surface area contributed by atoms with Crippen LogP contribution in [0.25, 0.3) is 0 Å². The van der Waals surface area contributed by atoms with Gasteiger partial charge in [0.2, 0.25) is 5.91 Å². The fraction of sp³-hybridized carbons (Fsp3) is 0.217. The number of nitrogens with zero attached hydrogens (tertiary/aromatic N) is 3. The summed E-state index contributed by atoms with van der Waals surface area (Å²) in [6, 6.07) is 10.1. The van der Waals surface area contributed by atoms with E-state index in [4.69, 9.17) is 21.1 Å². The number of halogens is 2. The lowest BCUT2D eigenvalue weighted by atomic mass is 10.2. The number of amides is 2. The molecule has 1 aromatic heterocycles. The van der Waals surface area contributed by atoms with Crippen molar-refractivity contribution < 1.29 is 19.1 Å². The Hall–Kier alpha value is -3.02. The number of rotatable bonds is 11. The molecule has 0 spiro atoms. The summed E-state index contributed by atoms with van der Waals surface area (Å²) < 4.78 is 13.0. The van der Waals surface area contributed by atoms with Crippen LogP contribution in [0, 0.1) is 0 Å². The SMILES string of the molecule is C=CCn1c(CNC(=O)c2ccc(OC)c(OC)c2)nnc1SCC(=O)Nc1ccc(Br)c(Cl)c1. The van der Waals surface area contributed by atoms with Crippen molar-refractivity contribution in [3.05, 3.63) is 69.9 Å². The fourth-order valence-corrected chi connectivity index (χ4v) is 4.20. The van der Waals surface area contributed by atoms with E-state index in [1.165, 1.54) is 26.0 Å². The predicted octanol–water partition coefficient (Wildman–Crippen LogP) is 4.56. The third-order valence-electron chi connectivity index (χ3n) is 4.69. The summed E-state index contributed by atoms with van der Waals surface area (Å²) in [6.07, 6.45) is 1.69. The Bertz CT molecular complexity index is 1240. The second kappa shape index (κ2) is 12.6. The zero-order chi connectivity index (χ0) is 25.4. The maximum Gasteiger partial charge on any atom is 0.251 e. The summed E-state index contributed by atoms with van der Waals surface area (Å²) in [5.74, 6) is 1.11. The van der Waals surface area contributed by atoms with Gasteiger partial charge in [-0.2, -0.15) is 0 Å². The van der Waals surface area contributed by atoms with Crippen LogP contribution < -0.4 is 20.1 Å². The number of thioether (sulfide) groups is 1. The van der Waals surface area contributed by atoms with Gasteiger partial charge in [-0.15, -0.1) is 16.8 Å². The number of hydrogen-bond donors (Lipinski definition) is 2. The summed E-state index contributed by atoms with van der Waals surface area (Å²) >= 11 is 10.6. The lowest BCUT2D eigenvalue weighted by Gasteiger charge is -2.11. The summed E-state index contributed by atoms with van der Waals surface area (Å²) in [4.78, 5) is 25.0. The van der Waals surface area contributed by atoms with Gasteiger partial charge < -0.3 is 24.7 Å². The van der Waals surface area contributed by atoms with E-state index in [0.29, 0.717) is 45.3 Å². The molecule has 1 heterocycles. The first kappa shape index (κ1) is 26.6. The monoisotopic (exact) mass is 579 g/mol. The number of methoxy groups -OCH3 is 2. The van der Waals surface area contributed by atoms with Crippen LogP contribution in [0.2, 0.25) is 5.02 Å². The van der Waals surface area contributed by atoms with Crippen molar-refractivity contribution in [2.24, 2.45) is 0 Å². The van der Waals surface area contributed by atoms with Crippen molar-refractivity contribution >= 4 is 56.8 Å². The molecule has 3 aromatic rings. The largest absolute Gasteiger partial charge is 0.493 e. The van der Waals surface area contributed by atoms with Gasteiger partial charge in [-0.3, -0.25) is 9.59 Å². The minimum absolute atomic E-state index is 0.112. The molecule has 2 N–H and O–H groups in total. The highest BCUT2D eigenvalue weighted by Crippen LogP contribution is 2.28. The van der Waals surface area contributed by atoms with E-state index in [0.717, 1.165) is 4.47 Å². The van der Waals surface area contributed by atoms with Crippen molar-refractivity contribution in [2.75, 3.05) is 25.3 Å². The molecule has 9 nitrogen and oxygen atoms in total. The van der Waals surface area contributed by atoms with Crippen LogP contribution in [0.1, 0.15) is 16.2 Å². The van der Waals surface area contributed by atoms with Gasteiger partial charge in [-0.25, -0.2) is 0 Å². The molecule has 0 aliphatic heterocycles. The molecule has 2 amide bonds. The Kier molecular flexibility index (Phi) is 9.58. The molecule has 35 heavy (non-hydrogen) atoms. The Labute approximate surface area is 220 Å². The van der Waals surface area contributed by atoms with Crippen LogP contribution >= 0.6 is 39.3 Å². The van der Waals surface area contributed by atoms with Gasteiger partial charge in [0.15, 0.2) is 22.5 Å². The number of allylic oxidation sites excluding steroid dienone is 1. The van der Waals surface area contributed by atoms with Crippen LogP contribution in [0.3, 0.4) is 0 Å². The highest BCUT2D eigenvalue weighted by Gasteiger charge is 2.16. The third kappa shape index (κ3) is 7.00. The number of anilines is 1. The van der Waals surface area contributed by atoms with Gasteiger partial charge >= 0.3 is 0 Å². The molecule has 3 rings (SSSR count). The molecule has 0 saturated heterocycles. The fourth-order valence-electron chi connectivity index (χ4n) is 3.01. The topological polar surface area (TPSA) is 107 Å². The number of ether oxygens (including phenoxy) is 2. The molecule has 0 aliphatic rings. The molecule has 12 heteroatoms. The van der Waals surface area contributed by atoms with Crippen molar-refractivity contribution in [3.8, 4) is 11.5 Å². The second-order valence-electron chi connectivity index (χ2n) is 7.02. The maximum atomic E-state index is 12.6. The van der Waals surface area contributed by atoms with Gasteiger partial charge in [0, 0.05) is 22.3 Å². The zero-order valence-corrected chi connectivity index (χ0v) is 22.2. The molecule has 0 radical (unpaired) electrons. The number of aromatic nitrogens is 3. The summed E-state index contributed by atoms with van der Waals surface area (Å²) in [5.41, 5.74) is 1.01. The minimum Gasteiger partial charge on any atom is -0.493 e. The first-order chi connectivity index (χ1) is 16.9. The minimum atomic E-state index is -0.305. The maximum absolute atomic E-state index is 12.6. The summed E-state index contributed by atoms with van der Waals surface area (Å²) in [5, 5.41) is 15.0. The van der Waals surface area contributed by atoms with Gasteiger partial charge in [0.1, 0.15) is 0 Å². The molecule has 0 fully saturated rings. The predicted molar refractivity (Wildman–Crippen MR) is 139 cm³/mol. The Morgan fingerprint density at radius 2 is 1.94 bits per heavy atom. The Morgan fingerprint density at radius 3 is 2.63 bits per heavy atom. The standard InChI is InChI=1S/C23H23BrClN5O4S/c1-4-9-30-20(12-26-22(32)14-5-8-18(33-2)19(10-14)34-3)28-29-23(30)35-13-21(31)27-15-6-7-16(24)17(25)11-15/h4-8,10-11H,1,9,12-13H2,2-3H3,(H,26,32)(H,27,31). The molecular formula is C23H23BrClN5O4S. The first-order valence-electron chi connectivity index (χ1n) is 10.3. The number of carbonyl (C=O) groups is 2. The lowest BCUT2D eigenvalue weighted by Crippen LogP contribution is -2.25. The van der Waals surface area contributed by atoms with Gasteiger partial charge in [-0.1, -0.05) is 29.4 Å². The first-order valence-corrected chi connectivity index (χ1v) is 12.4. The van der Waals surface area contributed by atoms with Gasteiger partial charge in [0.05, 0.1) is 31.5 Å². The van der Waals surface area contributed by atoms with E-state index in [9.17, 15) is 9.59 Å². The van der Waals surface area contributed by atoms with Crippen LogP contribution in [0.4, 0.5) is 5.69 Å². The average Bonchev–Trinajstić information content (AvgIpc) is 3.24. The van der Waals surface area contributed by atoms with E-state index in [1.807, 2.05) is 0 Å². The molecule has 0 aliphatic carbocycles. The van der Waals surface area contributed by atoms with E-state index >= 15 is 0 Å². The second-order valence-corrected chi connectivity index (χ2v) is 9.22. The van der Waals surface area contributed by atoms with Crippen molar-refractivity contribution in [2.45, 2.75) is 18.2 Å². The van der Waals surface area contributed by atoms with Crippen molar-refractivity contribution in [1.29, 1.82) is 0 Å². The van der Waals surface area contributed by atoms with Gasteiger partial charge in [-0.05, 0) is 52.3 Å². The Balaban J connectivity index is 1.62. The zero-order valence-electron chi connectivity index (χ0n) is 19.0. The van der Waals surface area contributed by atoms with E-state index in [2.05, 4.69) is 43.3 Å². The summed E-state index contributed by atoms with van der Waals surface area (Å²) in [6.45, 7) is 4.32. The van der Waals surface area contributed by atoms with Crippen LogP contribution in [-0.4, -0.2) is 46.6 Å². The van der Waals surface area contributed by atoms with Crippen molar-refractivity contribution in [1.82, 2.24) is 20.1 Å². The number of nitrogens with one attached hydrogen (secondary N) is 2. The van der Waals surface area contributed by atoms with Crippen molar-refractivity contribution in [3.63, 3.8) is 0 Å². The normalized spacial score (nSPS) is 10.5. The highest BCUT2D eigenvalue weighted by molar-refractivity contribution is 9.10. The summed E-state index contributed by atoms with van der Waals surface area (Å²) in [7, 11) is 3.03. The molecule has 184 valence electrons. The quantitative estimate of drug-likeness (QED) is 0.253. The number of carbonyl (C=O) groups excluding carboxylic acids is 2. The lowest BCUT2D eigenvalue weighted by molar-refractivity contribution is -0.113. The third-order valence-corrected chi connectivity index (χ3v) is 6.89. The molecule has 0 bridgehead atoms. The van der Waals surface area contributed by atoms with Crippen LogP contribution in [-0.2, 0) is 17.9 Å². The van der Waals surface area contributed by atoms with Crippen LogP contribution in [0.15, 0.2) is 58.7 Å². The number of benzene rings is 2. The van der Waals surface area contributed by atoms with E-state index in [-0.39, 0.29) is 24.1 Å². The molecule has 0 saturated carbocycles. The highest BCUT2D eigenvalue weighted by atomic mass is 79.9.